The molecular formula is C10H20N2O. The highest BCUT2D eigenvalue weighted by molar-refractivity contribution is 5.78. The van der Waals surface area contributed by atoms with Crippen LogP contribution in [0.4, 0.5) is 0 Å². The molecule has 1 unspecified atom stereocenters. The van der Waals surface area contributed by atoms with Gasteiger partial charge in [-0.15, -0.1) is 0 Å². The molecule has 76 valence electrons. The monoisotopic (exact) mass is 184 g/mol. The number of hydrogen-bond donors (Lipinski definition) is 2. The van der Waals surface area contributed by atoms with E-state index in [4.69, 9.17) is 5.73 Å². The van der Waals surface area contributed by atoms with Crippen molar-refractivity contribution in [1.29, 1.82) is 0 Å². The topological polar surface area (TPSA) is 55.1 Å². The first-order valence-corrected chi connectivity index (χ1v) is 5.23. The van der Waals surface area contributed by atoms with Crippen LogP contribution in [0.25, 0.3) is 0 Å². The lowest BCUT2D eigenvalue weighted by atomic mass is 9.92. The summed E-state index contributed by atoms with van der Waals surface area (Å²) in [6.45, 7) is 3.17. The molecule has 1 aliphatic carbocycles. The van der Waals surface area contributed by atoms with Crippen molar-refractivity contribution in [2.24, 2.45) is 17.6 Å². The molecule has 1 saturated carbocycles. The lowest BCUT2D eigenvalue weighted by molar-refractivity contribution is -0.125. The summed E-state index contributed by atoms with van der Waals surface area (Å²) in [4.78, 5) is 11.5. The van der Waals surface area contributed by atoms with Crippen LogP contribution in [0.2, 0.25) is 0 Å². The summed E-state index contributed by atoms with van der Waals surface area (Å²) in [7, 11) is 0. The van der Waals surface area contributed by atoms with Gasteiger partial charge in [0.25, 0.3) is 0 Å². The van der Waals surface area contributed by atoms with Gasteiger partial charge in [-0.25, -0.2) is 0 Å². The van der Waals surface area contributed by atoms with E-state index in [1.54, 1.807) is 0 Å². The number of carbonyl (C=O) groups excluding carboxylic acids is 1. The summed E-state index contributed by atoms with van der Waals surface area (Å²) < 4.78 is 0. The average Bonchev–Trinajstić information content (AvgIpc) is 2.65. The smallest absolute Gasteiger partial charge is 0.223 e. The van der Waals surface area contributed by atoms with Crippen molar-refractivity contribution in [1.82, 2.24) is 5.32 Å². The quantitative estimate of drug-likeness (QED) is 0.681. The number of nitrogens with one attached hydrogen (secondary N) is 1. The Balaban J connectivity index is 2.28. The second-order valence-electron chi connectivity index (χ2n) is 3.91. The van der Waals surface area contributed by atoms with Crippen molar-refractivity contribution >= 4 is 5.91 Å². The minimum atomic E-state index is 0.175. The van der Waals surface area contributed by atoms with Gasteiger partial charge in [-0.1, -0.05) is 19.8 Å². The average molecular weight is 184 g/mol. The van der Waals surface area contributed by atoms with E-state index in [1.165, 1.54) is 25.7 Å². The molecule has 1 aliphatic rings. The van der Waals surface area contributed by atoms with Crippen LogP contribution in [0.1, 0.15) is 32.6 Å². The number of carbonyl (C=O) groups is 1. The Hall–Kier alpha value is -0.570. The normalized spacial score (nSPS) is 20.2. The van der Waals surface area contributed by atoms with E-state index in [-0.39, 0.29) is 11.8 Å². The van der Waals surface area contributed by atoms with Crippen molar-refractivity contribution in [3.8, 4) is 0 Å². The molecule has 0 bridgehead atoms. The van der Waals surface area contributed by atoms with Crippen LogP contribution in [0, 0.1) is 11.8 Å². The number of hydrogen-bond acceptors (Lipinski definition) is 2. The van der Waals surface area contributed by atoms with Crippen molar-refractivity contribution in [2.45, 2.75) is 32.6 Å². The fourth-order valence-corrected chi connectivity index (χ4v) is 2.03. The summed E-state index contributed by atoms with van der Waals surface area (Å²) in [5.74, 6) is 0.962. The Labute approximate surface area is 80.1 Å². The first-order valence-electron chi connectivity index (χ1n) is 5.23. The van der Waals surface area contributed by atoms with Crippen LogP contribution < -0.4 is 11.1 Å². The molecule has 0 radical (unpaired) electrons. The van der Waals surface area contributed by atoms with E-state index in [9.17, 15) is 4.79 Å². The highest BCUT2D eigenvalue weighted by Crippen LogP contribution is 2.31. The van der Waals surface area contributed by atoms with E-state index < -0.39 is 0 Å². The molecule has 0 aromatic carbocycles. The molecule has 3 heteroatoms. The van der Waals surface area contributed by atoms with Crippen molar-refractivity contribution in [3.05, 3.63) is 0 Å². The molecule has 1 rings (SSSR count). The second kappa shape index (κ2) is 5.22. The standard InChI is InChI=1S/C10H20N2O/c1-8(9-4-2-3-5-9)10(13)12-7-6-11/h8-9H,2-7,11H2,1H3,(H,12,13). The molecule has 1 fully saturated rings. The van der Waals surface area contributed by atoms with Gasteiger partial charge in [0.2, 0.25) is 5.91 Å². The van der Waals surface area contributed by atoms with E-state index >= 15 is 0 Å². The zero-order valence-electron chi connectivity index (χ0n) is 8.38. The van der Waals surface area contributed by atoms with Crippen molar-refractivity contribution in [2.75, 3.05) is 13.1 Å². The number of nitrogens with two attached hydrogens (primary N) is 1. The first-order chi connectivity index (χ1) is 6.25. The van der Waals surface area contributed by atoms with Crippen LogP contribution in [-0.4, -0.2) is 19.0 Å². The van der Waals surface area contributed by atoms with Crippen molar-refractivity contribution in [3.63, 3.8) is 0 Å². The maximum absolute atomic E-state index is 11.5. The Morgan fingerprint density at radius 2 is 2.15 bits per heavy atom. The van der Waals surface area contributed by atoms with Gasteiger partial charge in [0.1, 0.15) is 0 Å². The molecule has 0 aliphatic heterocycles. The molecule has 0 aromatic rings. The van der Waals surface area contributed by atoms with Crippen LogP contribution in [0.3, 0.4) is 0 Å². The van der Waals surface area contributed by atoms with Gasteiger partial charge in [-0.3, -0.25) is 4.79 Å². The molecule has 1 atom stereocenters. The van der Waals surface area contributed by atoms with Gasteiger partial charge in [-0.05, 0) is 18.8 Å². The summed E-state index contributed by atoms with van der Waals surface area (Å²) >= 11 is 0. The molecule has 3 nitrogen and oxygen atoms in total. The van der Waals surface area contributed by atoms with Gasteiger partial charge in [0.05, 0.1) is 0 Å². The highest BCUT2D eigenvalue weighted by Gasteiger charge is 2.26. The van der Waals surface area contributed by atoms with Gasteiger partial charge in [-0.2, -0.15) is 0 Å². The zero-order chi connectivity index (χ0) is 9.68. The van der Waals surface area contributed by atoms with Gasteiger partial charge < -0.3 is 11.1 Å². The van der Waals surface area contributed by atoms with Gasteiger partial charge >= 0.3 is 0 Å². The summed E-state index contributed by atoms with van der Waals surface area (Å²) in [6, 6.07) is 0. The second-order valence-corrected chi connectivity index (χ2v) is 3.91. The third-order valence-electron chi connectivity index (χ3n) is 2.96. The molecule has 1 amide bonds. The summed E-state index contributed by atoms with van der Waals surface area (Å²) in [5, 5.41) is 2.85. The predicted octanol–water partition coefficient (Wildman–Crippen LogP) is 0.888. The van der Waals surface area contributed by atoms with Gasteiger partial charge in [0.15, 0.2) is 0 Å². The Morgan fingerprint density at radius 3 is 2.69 bits per heavy atom. The van der Waals surface area contributed by atoms with Crippen LogP contribution in [0.15, 0.2) is 0 Å². The Kier molecular flexibility index (Phi) is 4.22. The lowest BCUT2D eigenvalue weighted by Crippen LogP contribution is -2.35. The third kappa shape index (κ3) is 2.99. The SMILES string of the molecule is CC(C(=O)NCCN)C1CCCC1. The molecule has 0 heterocycles. The fraction of sp³-hybridized carbons (Fsp3) is 0.900. The number of amides is 1. The van der Waals surface area contributed by atoms with E-state index in [2.05, 4.69) is 5.32 Å². The number of rotatable bonds is 4. The summed E-state index contributed by atoms with van der Waals surface area (Å²) in [6.07, 6.45) is 5.02. The fourth-order valence-electron chi connectivity index (χ4n) is 2.03. The first kappa shape index (κ1) is 10.5. The minimum absolute atomic E-state index is 0.175. The van der Waals surface area contributed by atoms with Crippen molar-refractivity contribution < 1.29 is 4.79 Å². The zero-order valence-corrected chi connectivity index (χ0v) is 8.38. The Bertz CT molecular complexity index is 164. The Morgan fingerprint density at radius 1 is 1.54 bits per heavy atom. The molecular weight excluding hydrogens is 164 g/mol. The molecule has 0 spiro atoms. The van der Waals surface area contributed by atoms with E-state index in [1.807, 2.05) is 6.92 Å². The molecule has 3 N–H and O–H groups in total. The molecule has 0 saturated heterocycles. The molecule has 13 heavy (non-hydrogen) atoms. The van der Waals surface area contributed by atoms with E-state index in [0.29, 0.717) is 19.0 Å². The van der Waals surface area contributed by atoms with Crippen LogP contribution in [0.5, 0.6) is 0 Å². The van der Waals surface area contributed by atoms with Crippen LogP contribution in [-0.2, 0) is 4.79 Å². The molecule has 0 aromatic heterocycles. The van der Waals surface area contributed by atoms with Crippen LogP contribution >= 0.6 is 0 Å². The minimum Gasteiger partial charge on any atom is -0.355 e. The lowest BCUT2D eigenvalue weighted by Gasteiger charge is -2.17. The maximum Gasteiger partial charge on any atom is 0.223 e. The van der Waals surface area contributed by atoms with Gasteiger partial charge in [0, 0.05) is 19.0 Å². The highest BCUT2D eigenvalue weighted by atomic mass is 16.1. The van der Waals surface area contributed by atoms with E-state index in [0.717, 1.165) is 0 Å². The summed E-state index contributed by atoms with van der Waals surface area (Å²) in [5.41, 5.74) is 5.32. The predicted molar refractivity (Wildman–Crippen MR) is 53.2 cm³/mol. The largest absolute Gasteiger partial charge is 0.355 e. The third-order valence-corrected chi connectivity index (χ3v) is 2.96. The maximum atomic E-state index is 11.5.